The zero-order valence-electron chi connectivity index (χ0n) is 8.20. The van der Waals surface area contributed by atoms with Gasteiger partial charge in [0, 0.05) is 11.3 Å². The van der Waals surface area contributed by atoms with E-state index in [1.807, 2.05) is 0 Å². The summed E-state index contributed by atoms with van der Waals surface area (Å²) < 4.78 is 0. The smallest absolute Gasteiger partial charge is 0.138 e. The molecule has 0 aromatic heterocycles. The Morgan fingerprint density at radius 3 is 2.62 bits per heavy atom. The van der Waals surface area contributed by atoms with Crippen LogP contribution in [0.4, 0.5) is 0 Å². The van der Waals surface area contributed by atoms with Crippen molar-refractivity contribution >= 4 is 5.78 Å². The summed E-state index contributed by atoms with van der Waals surface area (Å²) in [5.41, 5.74) is 7.96. The second-order valence-electron chi connectivity index (χ2n) is 3.09. The number of Topliss-reactive ketones (excluding diaryl/α,β-unsaturated/α-hetero) is 1. The third-order valence-corrected chi connectivity index (χ3v) is 1.87. The standard InChI is InChI=1S/C9H17N3O/c1-2-3-4-5-6-7-9(13)8-11-12-10/h2-8H2,1H3. The monoisotopic (exact) mass is 183 g/mol. The molecule has 0 spiro atoms. The minimum atomic E-state index is 0.0181. The first-order valence-electron chi connectivity index (χ1n) is 4.83. The molecule has 0 heterocycles. The summed E-state index contributed by atoms with van der Waals surface area (Å²) in [5.74, 6) is 0.0503. The van der Waals surface area contributed by atoms with Gasteiger partial charge >= 0.3 is 0 Å². The molecular formula is C9H17N3O. The fourth-order valence-corrected chi connectivity index (χ4v) is 1.12. The minimum absolute atomic E-state index is 0.0181. The van der Waals surface area contributed by atoms with Crippen molar-refractivity contribution in [2.45, 2.75) is 45.4 Å². The summed E-state index contributed by atoms with van der Waals surface area (Å²) in [7, 11) is 0. The zero-order chi connectivity index (χ0) is 9.94. The molecule has 13 heavy (non-hydrogen) atoms. The van der Waals surface area contributed by atoms with Crippen LogP contribution in [-0.2, 0) is 4.79 Å². The average molecular weight is 183 g/mol. The van der Waals surface area contributed by atoms with Crippen LogP contribution in [0.2, 0.25) is 0 Å². The van der Waals surface area contributed by atoms with E-state index >= 15 is 0 Å². The molecule has 4 heteroatoms. The van der Waals surface area contributed by atoms with E-state index in [-0.39, 0.29) is 12.3 Å². The maximum Gasteiger partial charge on any atom is 0.138 e. The van der Waals surface area contributed by atoms with Gasteiger partial charge in [-0.15, -0.1) is 0 Å². The minimum Gasteiger partial charge on any atom is -0.300 e. The largest absolute Gasteiger partial charge is 0.300 e. The van der Waals surface area contributed by atoms with Crippen LogP contribution in [0.3, 0.4) is 0 Å². The normalized spacial score (nSPS) is 9.31. The molecule has 0 N–H and O–H groups in total. The highest BCUT2D eigenvalue weighted by Crippen LogP contribution is 2.05. The van der Waals surface area contributed by atoms with Crippen molar-refractivity contribution in [3.05, 3.63) is 10.4 Å². The van der Waals surface area contributed by atoms with Crippen LogP contribution in [0.1, 0.15) is 45.4 Å². The van der Waals surface area contributed by atoms with Crippen molar-refractivity contribution in [3.8, 4) is 0 Å². The molecule has 0 fully saturated rings. The number of hydrogen-bond acceptors (Lipinski definition) is 2. The Labute approximate surface area is 79.0 Å². The van der Waals surface area contributed by atoms with Gasteiger partial charge in [-0.25, -0.2) is 0 Å². The third kappa shape index (κ3) is 8.89. The number of carbonyl (C=O) groups excluding carboxylic acids is 1. The van der Waals surface area contributed by atoms with Gasteiger partial charge in [-0.1, -0.05) is 37.7 Å². The van der Waals surface area contributed by atoms with E-state index in [2.05, 4.69) is 16.9 Å². The molecule has 0 saturated heterocycles. The summed E-state index contributed by atoms with van der Waals surface area (Å²) in [6, 6.07) is 0. The van der Waals surface area contributed by atoms with Crippen LogP contribution in [0, 0.1) is 0 Å². The maximum atomic E-state index is 11.0. The Kier molecular flexibility index (Phi) is 8.36. The van der Waals surface area contributed by atoms with E-state index < -0.39 is 0 Å². The number of carbonyl (C=O) groups is 1. The fourth-order valence-electron chi connectivity index (χ4n) is 1.12. The molecule has 0 unspecified atom stereocenters. The Balaban J connectivity index is 3.21. The highest BCUT2D eigenvalue weighted by Gasteiger charge is 1.98. The summed E-state index contributed by atoms with van der Waals surface area (Å²) in [5, 5.41) is 3.22. The number of ketones is 1. The van der Waals surface area contributed by atoms with Gasteiger partial charge in [0.15, 0.2) is 0 Å². The Morgan fingerprint density at radius 1 is 1.31 bits per heavy atom. The first-order chi connectivity index (χ1) is 6.31. The molecule has 0 atom stereocenters. The van der Waals surface area contributed by atoms with Crippen LogP contribution in [0.25, 0.3) is 10.4 Å². The molecule has 0 bridgehead atoms. The van der Waals surface area contributed by atoms with Crippen LogP contribution >= 0.6 is 0 Å². The van der Waals surface area contributed by atoms with E-state index in [0.29, 0.717) is 6.42 Å². The van der Waals surface area contributed by atoms with Crippen LogP contribution in [0.15, 0.2) is 5.11 Å². The SMILES string of the molecule is CCCCCCCC(=O)CN=[N+]=[N-]. The van der Waals surface area contributed by atoms with E-state index in [0.717, 1.165) is 12.8 Å². The number of nitrogens with zero attached hydrogens (tertiary/aromatic N) is 3. The zero-order valence-corrected chi connectivity index (χ0v) is 8.20. The second kappa shape index (κ2) is 9.07. The van der Waals surface area contributed by atoms with Gasteiger partial charge in [-0.3, -0.25) is 4.79 Å². The highest BCUT2D eigenvalue weighted by molar-refractivity contribution is 5.80. The van der Waals surface area contributed by atoms with Crippen LogP contribution < -0.4 is 0 Å². The van der Waals surface area contributed by atoms with Crippen molar-refractivity contribution in [2.24, 2.45) is 5.11 Å². The van der Waals surface area contributed by atoms with Crippen molar-refractivity contribution in [3.63, 3.8) is 0 Å². The molecule has 0 saturated carbocycles. The van der Waals surface area contributed by atoms with E-state index in [1.54, 1.807) is 0 Å². The highest BCUT2D eigenvalue weighted by atomic mass is 16.1. The van der Waals surface area contributed by atoms with E-state index in [9.17, 15) is 4.79 Å². The molecule has 0 amide bonds. The molecule has 0 aromatic carbocycles. The summed E-state index contributed by atoms with van der Waals surface area (Å²) in [6.07, 6.45) is 6.25. The van der Waals surface area contributed by atoms with Crippen molar-refractivity contribution < 1.29 is 4.79 Å². The fraction of sp³-hybridized carbons (Fsp3) is 0.889. The number of unbranched alkanes of at least 4 members (excludes halogenated alkanes) is 4. The quantitative estimate of drug-likeness (QED) is 0.246. The van der Waals surface area contributed by atoms with Crippen LogP contribution in [0.5, 0.6) is 0 Å². The van der Waals surface area contributed by atoms with Gasteiger partial charge < -0.3 is 0 Å². The van der Waals surface area contributed by atoms with E-state index in [1.165, 1.54) is 19.3 Å². The topological polar surface area (TPSA) is 65.8 Å². The van der Waals surface area contributed by atoms with Gasteiger partial charge in [0.2, 0.25) is 0 Å². The average Bonchev–Trinajstić information content (AvgIpc) is 2.14. The first-order valence-corrected chi connectivity index (χ1v) is 4.83. The van der Waals surface area contributed by atoms with Crippen molar-refractivity contribution in [1.29, 1.82) is 0 Å². The lowest BCUT2D eigenvalue weighted by Gasteiger charge is -1.97. The van der Waals surface area contributed by atoms with Gasteiger partial charge in [-0.2, -0.15) is 0 Å². The predicted molar refractivity (Wildman–Crippen MR) is 52.4 cm³/mol. The van der Waals surface area contributed by atoms with Gasteiger partial charge in [0.25, 0.3) is 0 Å². The van der Waals surface area contributed by atoms with Crippen molar-refractivity contribution in [1.82, 2.24) is 0 Å². The Hall–Kier alpha value is -1.02. The lowest BCUT2D eigenvalue weighted by atomic mass is 10.1. The number of hydrogen-bond donors (Lipinski definition) is 0. The Bertz CT molecular complexity index is 185. The molecule has 0 aliphatic heterocycles. The van der Waals surface area contributed by atoms with Crippen LogP contribution in [-0.4, -0.2) is 12.3 Å². The lowest BCUT2D eigenvalue weighted by Crippen LogP contribution is -2.00. The molecule has 74 valence electrons. The molecule has 0 aliphatic rings. The Morgan fingerprint density at radius 2 is 2.00 bits per heavy atom. The number of rotatable bonds is 8. The molecule has 0 radical (unpaired) electrons. The summed E-state index contributed by atoms with van der Waals surface area (Å²) >= 11 is 0. The predicted octanol–water partition coefficient (Wildman–Crippen LogP) is 3.23. The van der Waals surface area contributed by atoms with Crippen molar-refractivity contribution in [2.75, 3.05) is 6.54 Å². The second-order valence-corrected chi connectivity index (χ2v) is 3.09. The van der Waals surface area contributed by atoms with Gasteiger partial charge in [-0.05, 0) is 12.0 Å². The number of azide groups is 1. The summed E-state index contributed by atoms with van der Waals surface area (Å²) in [4.78, 5) is 13.5. The lowest BCUT2D eigenvalue weighted by molar-refractivity contribution is -0.117. The maximum absolute atomic E-state index is 11.0. The van der Waals surface area contributed by atoms with Gasteiger partial charge in [0.1, 0.15) is 5.78 Å². The van der Waals surface area contributed by atoms with E-state index in [4.69, 9.17) is 5.53 Å². The summed E-state index contributed by atoms with van der Waals surface area (Å²) in [6.45, 7) is 2.18. The molecule has 0 rings (SSSR count). The first kappa shape index (κ1) is 12.0. The third-order valence-electron chi connectivity index (χ3n) is 1.87. The molecule has 0 aliphatic carbocycles. The molecule has 4 nitrogen and oxygen atoms in total. The van der Waals surface area contributed by atoms with Gasteiger partial charge in [0.05, 0.1) is 6.54 Å². The molecular weight excluding hydrogens is 166 g/mol. The molecule has 0 aromatic rings.